The molecular formula is C13H10N4O. The minimum atomic E-state index is -0.0137. The molecule has 0 spiro atoms. The third kappa shape index (κ3) is 1.71. The number of hydrogen-bond acceptors (Lipinski definition) is 4. The molecular weight excluding hydrogens is 228 g/mol. The Morgan fingerprint density at radius 3 is 2.56 bits per heavy atom. The molecule has 0 fully saturated rings. The molecule has 5 nitrogen and oxygen atoms in total. The zero-order valence-electron chi connectivity index (χ0n) is 9.43. The zero-order chi connectivity index (χ0) is 12.4. The molecule has 2 aromatic heterocycles. The lowest BCUT2D eigenvalue weighted by molar-refractivity contribution is 0.433. The average Bonchev–Trinajstić information content (AvgIpc) is 2.86. The van der Waals surface area contributed by atoms with E-state index in [0.29, 0.717) is 5.69 Å². The van der Waals surface area contributed by atoms with Gasteiger partial charge in [0, 0.05) is 11.8 Å². The Morgan fingerprint density at radius 2 is 1.83 bits per heavy atom. The Hall–Kier alpha value is -2.69. The fourth-order valence-electron chi connectivity index (χ4n) is 1.79. The summed E-state index contributed by atoms with van der Waals surface area (Å²) in [5.41, 5.74) is 2.40. The van der Waals surface area contributed by atoms with Crippen molar-refractivity contribution in [1.82, 2.24) is 20.0 Å². The Balaban J connectivity index is 2.21. The Bertz CT molecular complexity index is 664. The van der Waals surface area contributed by atoms with Crippen LogP contribution < -0.4 is 0 Å². The molecule has 1 aromatic carbocycles. The number of benzene rings is 1. The third-order valence-corrected chi connectivity index (χ3v) is 2.59. The molecule has 1 N–H and O–H groups in total. The first-order chi connectivity index (χ1) is 8.86. The quantitative estimate of drug-likeness (QED) is 0.742. The van der Waals surface area contributed by atoms with E-state index in [0.717, 1.165) is 11.3 Å². The van der Waals surface area contributed by atoms with Crippen LogP contribution in [-0.2, 0) is 0 Å². The van der Waals surface area contributed by atoms with Crippen molar-refractivity contribution in [3.05, 3.63) is 54.9 Å². The monoisotopic (exact) mass is 238 g/mol. The summed E-state index contributed by atoms with van der Waals surface area (Å²) < 4.78 is 1.36. The fraction of sp³-hybridized carbons (Fsp3) is 0. The summed E-state index contributed by atoms with van der Waals surface area (Å²) in [6.07, 6.45) is 3.00. The molecule has 0 aliphatic heterocycles. The van der Waals surface area contributed by atoms with Gasteiger partial charge in [-0.25, -0.2) is 0 Å². The molecule has 0 amide bonds. The van der Waals surface area contributed by atoms with Crippen LogP contribution in [0.25, 0.3) is 16.9 Å². The van der Waals surface area contributed by atoms with Crippen LogP contribution in [0.2, 0.25) is 0 Å². The van der Waals surface area contributed by atoms with Crippen LogP contribution in [-0.4, -0.2) is 25.1 Å². The number of nitrogens with zero attached hydrogens (tertiary/aromatic N) is 4. The lowest BCUT2D eigenvalue weighted by atomic mass is 10.1. The van der Waals surface area contributed by atoms with E-state index in [2.05, 4.69) is 15.3 Å². The standard InChI is InChI=1S/C13H10N4O/c18-12-9-15-16-17(12)11-7-4-8-14-13(11)10-5-2-1-3-6-10/h1-9,18H. The lowest BCUT2D eigenvalue weighted by Gasteiger charge is -2.08. The van der Waals surface area contributed by atoms with Crippen LogP contribution in [0.1, 0.15) is 0 Å². The first kappa shape index (κ1) is 10.5. The van der Waals surface area contributed by atoms with Gasteiger partial charge in [-0.05, 0) is 12.1 Å². The normalized spacial score (nSPS) is 10.4. The summed E-state index contributed by atoms with van der Waals surface area (Å²) in [4.78, 5) is 4.35. The van der Waals surface area contributed by atoms with E-state index in [1.807, 2.05) is 36.4 Å². The maximum absolute atomic E-state index is 9.69. The van der Waals surface area contributed by atoms with E-state index in [4.69, 9.17) is 0 Å². The largest absolute Gasteiger partial charge is 0.492 e. The number of rotatable bonds is 2. The summed E-state index contributed by atoms with van der Waals surface area (Å²) in [7, 11) is 0. The second-order valence-corrected chi connectivity index (χ2v) is 3.74. The molecule has 3 rings (SSSR count). The van der Waals surface area contributed by atoms with E-state index in [9.17, 15) is 5.11 Å². The van der Waals surface area contributed by atoms with Crippen LogP contribution in [0.15, 0.2) is 54.9 Å². The molecule has 5 heteroatoms. The summed E-state index contributed by atoms with van der Waals surface area (Å²) in [6.45, 7) is 0. The van der Waals surface area contributed by atoms with Crippen molar-refractivity contribution in [2.75, 3.05) is 0 Å². The average molecular weight is 238 g/mol. The summed E-state index contributed by atoms with van der Waals surface area (Å²) >= 11 is 0. The van der Waals surface area contributed by atoms with Gasteiger partial charge in [0.1, 0.15) is 6.20 Å². The second-order valence-electron chi connectivity index (χ2n) is 3.74. The molecule has 0 saturated carbocycles. The van der Waals surface area contributed by atoms with Gasteiger partial charge in [0.2, 0.25) is 5.88 Å². The van der Waals surface area contributed by atoms with Gasteiger partial charge in [0.25, 0.3) is 0 Å². The van der Waals surface area contributed by atoms with Gasteiger partial charge in [-0.2, -0.15) is 4.68 Å². The maximum Gasteiger partial charge on any atom is 0.234 e. The van der Waals surface area contributed by atoms with Crippen molar-refractivity contribution < 1.29 is 5.11 Å². The summed E-state index contributed by atoms with van der Waals surface area (Å²) in [6, 6.07) is 13.4. The van der Waals surface area contributed by atoms with E-state index in [-0.39, 0.29) is 5.88 Å². The molecule has 0 aliphatic rings. The molecule has 0 bridgehead atoms. The molecule has 0 saturated heterocycles. The van der Waals surface area contributed by atoms with E-state index in [1.165, 1.54) is 10.9 Å². The Morgan fingerprint density at radius 1 is 1.00 bits per heavy atom. The smallest absolute Gasteiger partial charge is 0.234 e. The van der Waals surface area contributed by atoms with E-state index < -0.39 is 0 Å². The second kappa shape index (κ2) is 4.29. The van der Waals surface area contributed by atoms with Crippen LogP contribution in [0, 0.1) is 0 Å². The summed E-state index contributed by atoms with van der Waals surface area (Å²) in [5, 5.41) is 17.2. The highest BCUT2D eigenvalue weighted by Gasteiger charge is 2.11. The van der Waals surface area contributed by atoms with Crippen molar-refractivity contribution in [2.24, 2.45) is 0 Å². The topological polar surface area (TPSA) is 63.8 Å². The van der Waals surface area contributed by atoms with Crippen molar-refractivity contribution >= 4 is 0 Å². The molecule has 18 heavy (non-hydrogen) atoms. The van der Waals surface area contributed by atoms with Crippen LogP contribution in [0.5, 0.6) is 5.88 Å². The number of aromatic hydroxyl groups is 1. The number of hydrogen-bond donors (Lipinski definition) is 1. The van der Waals surface area contributed by atoms with Gasteiger partial charge >= 0.3 is 0 Å². The predicted molar refractivity (Wildman–Crippen MR) is 66.3 cm³/mol. The van der Waals surface area contributed by atoms with Gasteiger partial charge in [-0.3, -0.25) is 4.98 Å². The van der Waals surface area contributed by atoms with Gasteiger partial charge < -0.3 is 5.11 Å². The lowest BCUT2D eigenvalue weighted by Crippen LogP contribution is -2.00. The van der Waals surface area contributed by atoms with Crippen molar-refractivity contribution in [3.8, 4) is 22.8 Å². The van der Waals surface area contributed by atoms with E-state index >= 15 is 0 Å². The Kier molecular flexibility index (Phi) is 2.49. The minimum Gasteiger partial charge on any atom is -0.492 e. The third-order valence-electron chi connectivity index (χ3n) is 2.59. The van der Waals surface area contributed by atoms with Gasteiger partial charge in [0.15, 0.2) is 0 Å². The van der Waals surface area contributed by atoms with Crippen LogP contribution in [0.3, 0.4) is 0 Å². The molecule has 0 radical (unpaired) electrons. The van der Waals surface area contributed by atoms with Crippen molar-refractivity contribution in [2.45, 2.75) is 0 Å². The molecule has 2 heterocycles. The highest BCUT2D eigenvalue weighted by molar-refractivity contribution is 5.68. The number of pyridine rings is 1. The minimum absolute atomic E-state index is 0.0137. The molecule has 88 valence electrons. The highest BCUT2D eigenvalue weighted by atomic mass is 16.3. The maximum atomic E-state index is 9.69. The summed E-state index contributed by atoms with van der Waals surface area (Å²) in [5.74, 6) is -0.0137. The first-order valence-electron chi connectivity index (χ1n) is 5.47. The van der Waals surface area contributed by atoms with E-state index in [1.54, 1.807) is 12.3 Å². The van der Waals surface area contributed by atoms with Crippen LogP contribution >= 0.6 is 0 Å². The molecule has 0 aliphatic carbocycles. The van der Waals surface area contributed by atoms with Gasteiger partial charge in [-0.1, -0.05) is 35.5 Å². The van der Waals surface area contributed by atoms with Crippen molar-refractivity contribution in [3.63, 3.8) is 0 Å². The Labute approximate surface area is 103 Å². The SMILES string of the molecule is Oc1cnnn1-c1cccnc1-c1ccccc1. The van der Waals surface area contributed by atoms with Crippen molar-refractivity contribution in [1.29, 1.82) is 0 Å². The predicted octanol–water partition coefficient (Wildman–Crippen LogP) is 2.03. The molecule has 0 atom stereocenters. The molecule has 3 aromatic rings. The highest BCUT2D eigenvalue weighted by Crippen LogP contribution is 2.25. The zero-order valence-corrected chi connectivity index (χ0v) is 9.43. The first-order valence-corrected chi connectivity index (χ1v) is 5.47. The van der Waals surface area contributed by atoms with Gasteiger partial charge in [0.05, 0.1) is 11.4 Å². The molecule has 0 unspecified atom stereocenters. The number of aromatic nitrogens is 4. The van der Waals surface area contributed by atoms with Crippen LogP contribution in [0.4, 0.5) is 0 Å². The fourth-order valence-corrected chi connectivity index (χ4v) is 1.79. The van der Waals surface area contributed by atoms with Gasteiger partial charge in [-0.15, -0.1) is 5.10 Å².